The fraction of sp³-hybridized carbons (Fsp3) is 0.500. The molecule has 1 aliphatic rings. The number of nitrogens with zero attached hydrogens (tertiary/aromatic N) is 4. The minimum Gasteiger partial charge on any atom is -0.347 e. The number of hydrogen-bond donors (Lipinski definition) is 1. The Balaban J connectivity index is 1.86. The van der Waals surface area contributed by atoms with E-state index in [0.29, 0.717) is 5.95 Å². The van der Waals surface area contributed by atoms with E-state index < -0.39 is 0 Å². The van der Waals surface area contributed by atoms with Gasteiger partial charge in [0.05, 0.1) is 11.7 Å². The molecule has 7 nitrogen and oxygen atoms in total. The Labute approximate surface area is 159 Å². The third kappa shape index (κ3) is 3.72. The molecule has 7 heteroatoms. The fourth-order valence-electron chi connectivity index (χ4n) is 3.54. The maximum Gasteiger partial charge on any atom is 0.263 e. The Morgan fingerprint density at radius 1 is 1.33 bits per heavy atom. The number of fused-ring (bicyclic) bond motifs is 1. The molecule has 2 aromatic heterocycles. The van der Waals surface area contributed by atoms with Crippen LogP contribution in [0.25, 0.3) is 0 Å². The highest BCUT2D eigenvalue weighted by molar-refractivity contribution is 5.94. The number of carbonyl (C=O) groups is 1. The lowest BCUT2D eigenvalue weighted by Gasteiger charge is -2.26. The molecule has 2 heterocycles. The van der Waals surface area contributed by atoms with Crippen LogP contribution < -0.4 is 15.8 Å². The number of rotatable bonds is 4. The molecule has 0 radical (unpaired) electrons. The molecule has 0 aliphatic heterocycles. The van der Waals surface area contributed by atoms with Crippen molar-refractivity contribution >= 4 is 11.9 Å². The zero-order valence-corrected chi connectivity index (χ0v) is 16.6. The predicted molar refractivity (Wildman–Crippen MR) is 105 cm³/mol. The van der Waals surface area contributed by atoms with Gasteiger partial charge in [-0.25, -0.2) is 9.97 Å². The lowest BCUT2D eigenvalue weighted by molar-refractivity contribution is 0.0930. The second-order valence-electron chi connectivity index (χ2n) is 7.58. The second kappa shape index (κ2) is 7.50. The van der Waals surface area contributed by atoms with E-state index in [9.17, 15) is 9.59 Å². The first-order valence-electron chi connectivity index (χ1n) is 9.33. The maximum absolute atomic E-state index is 12.8. The first-order chi connectivity index (χ1) is 12.8. The molecule has 0 saturated heterocycles. The van der Waals surface area contributed by atoms with Crippen molar-refractivity contribution in [3.63, 3.8) is 0 Å². The van der Waals surface area contributed by atoms with Gasteiger partial charge in [-0.15, -0.1) is 0 Å². The molecule has 0 fully saturated rings. The Bertz CT molecular complexity index is 917. The first-order valence-corrected chi connectivity index (χ1v) is 9.33. The molecule has 0 spiro atoms. The molecular weight excluding hydrogens is 342 g/mol. The highest BCUT2D eigenvalue weighted by atomic mass is 16.2. The summed E-state index contributed by atoms with van der Waals surface area (Å²) in [4.78, 5) is 36.2. The van der Waals surface area contributed by atoms with E-state index >= 15 is 0 Å². The lowest BCUT2D eigenvalue weighted by atomic mass is 9.92. The summed E-state index contributed by atoms with van der Waals surface area (Å²) in [5.41, 5.74) is 2.71. The molecule has 1 atom stereocenters. The van der Waals surface area contributed by atoms with Gasteiger partial charge in [-0.3, -0.25) is 9.59 Å². The molecule has 1 amide bonds. The highest BCUT2D eigenvalue weighted by Gasteiger charge is 2.25. The minimum absolute atomic E-state index is 0.167. The Kier molecular flexibility index (Phi) is 5.30. The number of pyridine rings is 1. The molecule has 144 valence electrons. The number of aromatic nitrogens is 3. The van der Waals surface area contributed by atoms with Crippen molar-refractivity contribution in [2.75, 3.05) is 19.0 Å². The van der Waals surface area contributed by atoms with Gasteiger partial charge in [-0.05, 0) is 37.3 Å². The zero-order chi connectivity index (χ0) is 19.7. The smallest absolute Gasteiger partial charge is 0.263 e. The maximum atomic E-state index is 12.8. The van der Waals surface area contributed by atoms with Crippen LogP contribution in [0.2, 0.25) is 0 Å². The number of hydrogen-bond acceptors (Lipinski definition) is 5. The van der Waals surface area contributed by atoms with Crippen LogP contribution in [-0.4, -0.2) is 34.5 Å². The van der Waals surface area contributed by atoms with E-state index in [1.165, 1.54) is 0 Å². The van der Waals surface area contributed by atoms with Crippen LogP contribution in [0.3, 0.4) is 0 Å². The Hall–Kier alpha value is -2.70. The van der Waals surface area contributed by atoms with Crippen LogP contribution in [0.1, 0.15) is 66.0 Å². The predicted octanol–water partition coefficient (Wildman–Crippen LogP) is 2.17. The normalized spacial score (nSPS) is 16.1. The van der Waals surface area contributed by atoms with Crippen LogP contribution in [0.4, 0.5) is 5.95 Å². The highest BCUT2D eigenvalue weighted by Crippen LogP contribution is 2.29. The van der Waals surface area contributed by atoms with Crippen molar-refractivity contribution in [1.82, 2.24) is 19.9 Å². The molecule has 1 aliphatic carbocycles. The summed E-state index contributed by atoms with van der Waals surface area (Å²) in [6.07, 6.45) is 4.41. The van der Waals surface area contributed by atoms with E-state index in [0.717, 1.165) is 36.2 Å². The van der Waals surface area contributed by atoms with Crippen molar-refractivity contribution in [2.24, 2.45) is 7.05 Å². The van der Waals surface area contributed by atoms with Crippen LogP contribution in [0.5, 0.6) is 0 Å². The number of carbonyl (C=O) groups excluding carboxylic acids is 1. The third-order valence-corrected chi connectivity index (χ3v) is 5.05. The zero-order valence-electron chi connectivity index (χ0n) is 16.6. The largest absolute Gasteiger partial charge is 0.347 e. The molecule has 27 heavy (non-hydrogen) atoms. The standard InChI is InChI=1S/C20H27N5O2/c1-12(2)17-10-9-13(19(27)25(17)5)18(26)22-15-7-6-8-16-14(15)11-21-20(23-16)24(3)4/h9-12,15H,6-8H2,1-5H3,(H,22,26). The van der Waals surface area contributed by atoms with Gasteiger partial charge in [0.1, 0.15) is 5.56 Å². The summed E-state index contributed by atoms with van der Waals surface area (Å²) in [6, 6.07) is 3.30. The van der Waals surface area contributed by atoms with E-state index in [1.54, 1.807) is 23.9 Å². The third-order valence-electron chi connectivity index (χ3n) is 5.05. The summed E-state index contributed by atoms with van der Waals surface area (Å²) >= 11 is 0. The SMILES string of the molecule is CC(C)c1ccc(C(=O)NC2CCCc3nc(N(C)C)ncc32)c(=O)n1C. The molecule has 0 aromatic carbocycles. The Morgan fingerprint density at radius 2 is 2.07 bits per heavy atom. The number of aryl methyl sites for hydroxylation is 1. The van der Waals surface area contributed by atoms with Crippen LogP contribution in [0, 0.1) is 0 Å². The van der Waals surface area contributed by atoms with Gasteiger partial charge in [0.2, 0.25) is 5.95 Å². The van der Waals surface area contributed by atoms with Crippen LogP contribution >= 0.6 is 0 Å². The summed E-state index contributed by atoms with van der Waals surface area (Å²) in [5.74, 6) is 0.535. The van der Waals surface area contributed by atoms with E-state index in [-0.39, 0.29) is 29.0 Å². The monoisotopic (exact) mass is 369 g/mol. The molecule has 1 N–H and O–H groups in total. The van der Waals surface area contributed by atoms with Gasteiger partial charge < -0.3 is 14.8 Å². The lowest BCUT2D eigenvalue weighted by Crippen LogP contribution is -2.36. The van der Waals surface area contributed by atoms with Crippen molar-refractivity contribution in [3.05, 3.63) is 51.2 Å². The number of amides is 1. The van der Waals surface area contributed by atoms with Gasteiger partial charge in [0.15, 0.2) is 0 Å². The van der Waals surface area contributed by atoms with Crippen molar-refractivity contribution in [2.45, 2.75) is 45.1 Å². The summed E-state index contributed by atoms with van der Waals surface area (Å²) < 4.78 is 1.56. The quantitative estimate of drug-likeness (QED) is 0.893. The average molecular weight is 369 g/mol. The summed E-state index contributed by atoms with van der Waals surface area (Å²) in [6.45, 7) is 4.05. The van der Waals surface area contributed by atoms with Crippen molar-refractivity contribution in [3.8, 4) is 0 Å². The van der Waals surface area contributed by atoms with E-state index in [2.05, 4.69) is 15.3 Å². The van der Waals surface area contributed by atoms with Crippen molar-refractivity contribution in [1.29, 1.82) is 0 Å². The molecule has 2 aromatic rings. The number of anilines is 1. The van der Waals surface area contributed by atoms with Gasteiger partial charge in [0, 0.05) is 38.6 Å². The van der Waals surface area contributed by atoms with Crippen molar-refractivity contribution < 1.29 is 4.79 Å². The van der Waals surface area contributed by atoms with Crippen LogP contribution in [-0.2, 0) is 13.5 Å². The molecule has 3 rings (SSSR count). The van der Waals surface area contributed by atoms with E-state index in [4.69, 9.17) is 0 Å². The fourth-order valence-corrected chi connectivity index (χ4v) is 3.54. The molecule has 1 unspecified atom stereocenters. The van der Waals surface area contributed by atoms with Crippen LogP contribution in [0.15, 0.2) is 23.1 Å². The molecule has 0 bridgehead atoms. The second-order valence-corrected chi connectivity index (χ2v) is 7.58. The molecule has 0 saturated carbocycles. The molecular formula is C20H27N5O2. The first kappa shape index (κ1) is 19.1. The van der Waals surface area contributed by atoms with Gasteiger partial charge in [0.25, 0.3) is 11.5 Å². The summed E-state index contributed by atoms with van der Waals surface area (Å²) in [5, 5.41) is 3.01. The number of nitrogens with one attached hydrogen (secondary N) is 1. The van der Waals surface area contributed by atoms with Gasteiger partial charge in [-0.1, -0.05) is 13.8 Å². The summed E-state index contributed by atoms with van der Waals surface area (Å²) in [7, 11) is 5.52. The average Bonchev–Trinajstić information content (AvgIpc) is 2.63. The van der Waals surface area contributed by atoms with E-state index in [1.807, 2.05) is 38.9 Å². The minimum atomic E-state index is -0.347. The Morgan fingerprint density at radius 3 is 2.74 bits per heavy atom. The van der Waals surface area contributed by atoms with Gasteiger partial charge in [-0.2, -0.15) is 0 Å². The topological polar surface area (TPSA) is 80.1 Å². The van der Waals surface area contributed by atoms with Gasteiger partial charge >= 0.3 is 0 Å².